The van der Waals surface area contributed by atoms with E-state index in [-0.39, 0.29) is 5.91 Å². The van der Waals surface area contributed by atoms with Crippen LogP contribution in [-0.2, 0) is 0 Å². The van der Waals surface area contributed by atoms with E-state index in [1.807, 2.05) is 72.1 Å². The zero-order chi connectivity index (χ0) is 20.8. The molecule has 0 saturated carbocycles. The summed E-state index contributed by atoms with van der Waals surface area (Å²) >= 11 is 0. The number of pyridine rings is 1. The predicted octanol–water partition coefficient (Wildman–Crippen LogP) is 6.29. The Bertz CT molecular complexity index is 1090. The van der Waals surface area contributed by atoms with Gasteiger partial charge in [-0.1, -0.05) is 56.2 Å². The lowest BCUT2D eigenvalue weighted by atomic mass is 10.1. The highest BCUT2D eigenvalue weighted by Gasteiger charge is 2.07. The molecule has 0 spiro atoms. The zero-order valence-electron chi connectivity index (χ0n) is 17.4. The van der Waals surface area contributed by atoms with E-state index in [1.165, 1.54) is 12.0 Å². The van der Waals surface area contributed by atoms with E-state index in [0.717, 1.165) is 28.2 Å². The van der Waals surface area contributed by atoms with Crippen LogP contribution in [0.25, 0.3) is 16.9 Å². The molecule has 0 unspecified atom stereocenters. The molecule has 0 radical (unpaired) electrons. The summed E-state index contributed by atoms with van der Waals surface area (Å²) in [6.07, 6.45) is 5.32. The lowest BCUT2D eigenvalue weighted by Gasteiger charge is -2.06. The molecule has 0 saturated heterocycles. The van der Waals surface area contributed by atoms with Gasteiger partial charge in [0.25, 0.3) is 5.91 Å². The minimum Gasteiger partial charge on any atom is -0.322 e. The third-order valence-corrected chi connectivity index (χ3v) is 4.35. The molecule has 29 heavy (non-hydrogen) atoms. The molecular formula is C25H27N3O. The predicted molar refractivity (Wildman–Crippen MR) is 120 cm³/mol. The first-order valence-corrected chi connectivity index (χ1v) is 9.94. The van der Waals surface area contributed by atoms with Crippen molar-refractivity contribution in [3.63, 3.8) is 0 Å². The van der Waals surface area contributed by atoms with Gasteiger partial charge in [0.15, 0.2) is 0 Å². The number of hydrogen-bond acceptors (Lipinski definition) is 2. The maximum absolute atomic E-state index is 12.3. The molecule has 0 atom stereocenters. The number of imidazole rings is 1. The Morgan fingerprint density at radius 3 is 2.14 bits per heavy atom. The fourth-order valence-electron chi connectivity index (χ4n) is 2.87. The first-order valence-electron chi connectivity index (χ1n) is 9.94. The highest BCUT2D eigenvalue weighted by Crippen LogP contribution is 2.22. The average Bonchev–Trinajstić information content (AvgIpc) is 3.13. The second-order valence-corrected chi connectivity index (χ2v) is 7.20. The van der Waals surface area contributed by atoms with E-state index in [2.05, 4.69) is 43.3 Å². The van der Waals surface area contributed by atoms with Crippen molar-refractivity contribution in [2.24, 2.45) is 0 Å². The standard InChI is InChI=1S/C22H19N3O.C3H8/c1-15-3-6-18(7-4-15)22(26)23-19-10-8-17(9-11-19)20-14-25-13-16(2)5-12-21(25)24-20;1-3-2/h3-14H,1-2H3,(H,23,26);3H2,1-2H3. The van der Waals surface area contributed by atoms with E-state index in [9.17, 15) is 4.79 Å². The van der Waals surface area contributed by atoms with Crippen LogP contribution >= 0.6 is 0 Å². The molecule has 0 bridgehead atoms. The molecule has 2 heterocycles. The zero-order valence-corrected chi connectivity index (χ0v) is 17.4. The Balaban J connectivity index is 0.000000755. The molecule has 148 valence electrons. The molecule has 4 nitrogen and oxygen atoms in total. The molecule has 2 aromatic carbocycles. The monoisotopic (exact) mass is 385 g/mol. The van der Waals surface area contributed by atoms with Crippen LogP contribution in [-0.4, -0.2) is 15.3 Å². The molecule has 1 N–H and O–H groups in total. The van der Waals surface area contributed by atoms with Crippen molar-refractivity contribution in [2.45, 2.75) is 34.1 Å². The molecule has 0 aliphatic heterocycles. The molecule has 2 aromatic heterocycles. The number of nitrogens with zero attached hydrogens (tertiary/aromatic N) is 2. The quantitative estimate of drug-likeness (QED) is 0.451. The summed E-state index contributed by atoms with van der Waals surface area (Å²) in [6.45, 7) is 8.31. The van der Waals surface area contributed by atoms with Crippen molar-refractivity contribution in [3.05, 3.63) is 89.7 Å². The van der Waals surface area contributed by atoms with Gasteiger partial charge < -0.3 is 9.72 Å². The van der Waals surface area contributed by atoms with Crippen LogP contribution in [0.3, 0.4) is 0 Å². The first kappa shape index (κ1) is 20.3. The topological polar surface area (TPSA) is 46.4 Å². The van der Waals surface area contributed by atoms with E-state index in [1.54, 1.807) is 0 Å². The number of aryl methyl sites for hydroxylation is 2. The van der Waals surface area contributed by atoms with E-state index in [0.29, 0.717) is 5.56 Å². The van der Waals surface area contributed by atoms with Crippen LogP contribution in [0.1, 0.15) is 41.8 Å². The van der Waals surface area contributed by atoms with Crippen molar-refractivity contribution in [2.75, 3.05) is 5.32 Å². The van der Waals surface area contributed by atoms with Crippen molar-refractivity contribution in [1.82, 2.24) is 9.38 Å². The Kier molecular flexibility index (Phi) is 6.45. The Morgan fingerprint density at radius 2 is 1.48 bits per heavy atom. The van der Waals surface area contributed by atoms with Crippen molar-refractivity contribution in [1.29, 1.82) is 0 Å². The number of nitrogens with one attached hydrogen (secondary N) is 1. The van der Waals surface area contributed by atoms with Crippen LogP contribution in [0.5, 0.6) is 0 Å². The number of amides is 1. The molecule has 4 aromatic rings. The smallest absolute Gasteiger partial charge is 0.255 e. The van der Waals surface area contributed by atoms with Crippen LogP contribution in [0, 0.1) is 13.8 Å². The first-order chi connectivity index (χ1) is 14.0. The van der Waals surface area contributed by atoms with E-state index >= 15 is 0 Å². The molecule has 0 fully saturated rings. The number of aromatic nitrogens is 2. The van der Waals surface area contributed by atoms with E-state index in [4.69, 9.17) is 0 Å². The second kappa shape index (κ2) is 9.20. The van der Waals surface area contributed by atoms with Gasteiger partial charge in [0.2, 0.25) is 0 Å². The molecular weight excluding hydrogens is 358 g/mol. The number of carbonyl (C=O) groups is 1. The van der Waals surface area contributed by atoms with E-state index < -0.39 is 0 Å². The van der Waals surface area contributed by atoms with Gasteiger partial charge in [-0.15, -0.1) is 0 Å². The molecule has 4 rings (SSSR count). The van der Waals surface area contributed by atoms with Crippen molar-refractivity contribution >= 4 is 17.2 Å². The molecule has 0 aliphatic carbocycles. The number of fused-ring (bicyclic) bond motifs is 1. The van der Waals surface area contributed by atoms with Crippen molar-refractivity contribution < 1.29 is 4.79 Å². The largest absolute Gasteiger partial charge is 0.322 e. The van der Waals surface area contributed by atoms with Crippen LogP contribution < -0.4 is 5.32 Å². The average molecular weight is 386 g/mol. The summed E-state index contributed by atoms with van der Waals surface area (Å²) in [4.78, 5) is 16.9. The maximum atomic E-state index is 12.3. The van der Waals surface area contributed by atoms with Crippen LogP contribution in [0.15, 0.2) is 73.1 Å². The van der Waals surface area contributed by atoms with Crippen LogP contribution in [0.4, 0.5) is 5.69 Å². The summed E-state index contributed by atoms with van der Waals surface area (Å²) in [5, 5.41) is 2.93. The minimum atomic E-state index is -0.110. The van der Waals surface area contributed by atoms with Gasteiger partial charge in [-0.25, -0.2) is 4.98 Å². The number of rotatable bonds is 3. The lowest BCUT2D eigenvalue weighted by molar-refractivity contribution is 0.102. The molecule has 0 aliphatic rings. The van der Waals surface area contributed by atoms with Gasteiger partial charge in [-0.3, -0.25) is 4.79 Å². The number of carbonyl (C=O) groups excluding carboxylic acids is 1. The second-order valence-electron chi connectivity index (χ2n) is 7.20. The Morgan fingerprint density at radius 1 is 0.862 bits per heavy atom. The Labute approximate surface area is 172 Å². The SMILES string of the molecule is CCC.Cc1ccc(C(=O)Nc2ccc(-c3cn4cc(C)ccc4n3)cc2)cc1. The fourth-order valence-corrected chi connectivity index (χ4v) is 2.87. The third-order valence-electron chi connectivity index (χ3n) is 4.35. The summed E-state index contributed by atoms with van der Waals surface area (Å²) in [5.74, 6) is -0.110. The number of hydrogen-bond donors (Lipinski definition) is 1. The fraction of sp³-hybridized carbons (Fsp3) is 0.200. The van der Waals surface area contributed by atoms with Gasteiger partial charge >= 0.3 is 0 Å². The molecule has 1 amide bonds. The highest BCUT2D eigenvalue weighted by molar-refractivity contribution is 6.04. The van der Waals surface area contributed by atoms with Gasteiger partial charge in [0.05, 0.1) is 5.69 Å². The summed E-state index contributed by atoms with van der Waals surface area (Å²) < 4.78 is 2.03. The third kappa shape index (κ3) is 5.11. The van der Waals surface area contributed by atoms with Gasteiger partial charge in [0.1, 0.15) is 5.65 Å². The minimum absolute atomic E-state index is 0.110. The lowest BCUT2D eigenvalue weighted by Crippen LogP contribution is -2.11. The van der Waals surface area contributed by atoms with Crippen molar-refractivity contribution in [3.8, 4) is 11.3 Å². The summed E-state index contributed by atoms with van der Waals surface area (Å²) in [6, 6.07) is 19.3. The van der Waals surface area contributed by atoms with Gasteiger partial charge in [0, 0.05) is 29.2 Å². The molecule has 4 heteroatoms. The number of anilines is 1. The summed E-state index contributed by atoms with van der Waals surface area (Å²) in [5.41, 5.74) is 6.58. The summed E-state index contributed by atoms with van der Waals surface area (Å²) in [7, 11) is 0. The Hall–Kier alpha value is -3.40. The normalized spacial score (nSPS) is 10.3. The van der Waals surface area contributed by atoms with Crippen LogP contribution in [0.2, 0.25) is 0 Å². The highest BCUT2D eigenvalue weighted by atomic mass is 16.1. The van der Waals surface area contributed by atoms with Gasteiger partial charge in [-0.05, 0) is 49.7 Å². The maximum Gasteiger partial charge on any atom is 0.255 e. The number of benzene rings is 2. The van der Waals surface area contributed by atoms with Gasteiger partial charge in [-0.2, -0.15) is 0 Å².